The SMILES string of the molecule is Cc1cc(O)ccc1CCC=O. The van der Waals surface area contributed by atoms with Gasteiger partial charge in [0.25, 0.3) is 0 Å². The van der Waals surface area contributed by atoms with Crippen LogP contribution in [-0.2, 0) is 11.2 Å². The second-order valence-corrected chi connectivity index (χ2v) is 2.82. The zero-order valence-electron chi connectivity index (χ0n) is 7.08. The van der Waals surface area contributed by atoms with E-state index in [0.717, 1.165) is 23.8 Å². The molecule has 0 aliphatic rings. The highest BCUT2D eigenvalue weighted by Crippen LogP contribution is 2.16. The molecule has 12 heavy (non-hydrogen) atoms. The van der Waals surface area contributed by atoms with E-state index in [-0.39, 0.29) is 5.75 Å². The lowest BCUT2D eigenvalue weighted by Gasteiger charge is -2.03. The van der Waals surface area contributed by atoms with Gasteiger partial charge >= 0.3 is 0 Å². The van der Waals surface area contributed by atoms with E-state index in [1.54, 1.807) is 12.1 Å². The minimum Gasteiger partial charge on any atom is -0.508 e. The van der Waals surface area contributed by atoms with Crippen molar-refractivity contribution in [3.8, 4) is 5.75 Å². The quantitative estimate of drug-likeness (QED) is 0.692. The van der Waals surface area contributed by atoms with E-state index in [9.17, 15) is 4.79 Å². The van der Waals surface area contributed by atoms with Gasteiger partial charge in [0.05, 0.1) is 0 Å². The van der Waals surface area contributed by atoms with Crippen molar-refractivity contribution >= 4 is 6.29 Å². The lowest BCUT2D eigenvalue weighted by Crippen LogP contribution is -1.89. The highest BCUT2D eigenvalue weighted by atomic mass is 16.3. The molecule has 1 aromatic carbocycles. The van der Waals surface area contributed by atoms with Crippen molar-refractivity contribution in [2.45, 2.75) is 19.8 Å². The number of aldehydes is 1. The van der Waals surface area contributed by atoms with Crippen LogP contribution in [0.25, 0.3) is 0 Å². The Kier molecular flexibility index (Phi) is 2.86. The molecule has 0 unspecified atom stereocenters. The van der Waals surface area contributed by atoms with E-state index in [1.165, 1.54) is 0 Å². The summed E-state index contributed by atoms with van der Waals surface area (Å²) in [6.07, 6.45) is 2.22. The molecule has 0 fully saturated rings. The standard InChI is InChI=1S/C10H12O2/c1-8-7-10(12)5-4-9(8)3-2-6-11/h4-7,12H,2-3H2,1H3. The molecule has 0 aliphatic carbocycles. The number of hydrogen-bond donors (Lipinski definition) is 1. The summed E-state index contributed by atoms with van der Waals surface area (Å²) in [7, 11) is 0. The predicted molar refractivity (Wildman–Crippen MR) is 47.2 cm³/mol. The van der Waals surface area contributed by atoms with Crippen molar-refractivity contribution in [1.82, 2.24) is 0 Å². The lowest BCUT2D eigenvalue weighted by atomic mass is 10.0. The van der Waals surface area contributed by atoms with Crippen LogP contribution in [0.2, 0.25) is 0 Å². The third-order valence-electron chi connectivity index (χ3n) is 1.86. The number of aryl methyl sites for hydroxylation is 2. The zero-order valence-corrected chi connectivity index (χ0v) is 7.08. The fourth-order valence-corrected chi connectivity index (χ4v) is 1.17. The van der Waals surface area contributed by atoms with Crippen molar-refractivity contribution in [3.63, 3.8) is 0 Å². The topological polar surface area (TPSA) is 37.3 Å². The Morgan fingerprint density at radius 2 is 2.25 bits per heavy atom. The fourth-order valence-electron chi connectivity index (χ4n) is 1.17. The number of phenols is 1. The van der Waals surface area contributed by atoms with E-state index in [4.69, 9.17) is 5.11 Å². The average molecular weight is 164 g/mol. The van der Waals surface area contributed by atoms with Crippen LogP contribution in [0, 0.1) is 6.92 Å². The van der Waals surface area contributed by atoms with Gasteiger partial charge in [-0.15, -0.1) is 0 Å². The van der Waals surface area contributed by atoms with Gasteiger partial charge in [-0.1, -0.05) is 6.07 Å². The Hall–Kier alpha value is -1.31. The molecule has 0 aromatic heterocycles. The molecule has 0 heterocycles. The number of rotatable bonds is 3. The van der Waals surface area contributed by atoms with Crippen molar-refractivity contribution in [3.05, 3.63) is 29.3 Å². The molecule has 2 heteroatoms. The highest BCUT2D eigenvalue weighted by molar-refractivity contribution is 5.50. The van der Waals surface area contributed by atoms with Gasteiger partial charge in [0.2, 0.25) is 0 Å². The van der Waals surface area contributed by atoms with Crippen LogP contribution in [0.3, 0.4) is 0 Å². The molecular weight excluding hydrogens is 152 g/mol. The fraction of sp³-hybridized carbons (Fsp3) is 0.300. The molecule has 0 aliphatic heterocycles. The Bertz CT molecular complexity index is 279. The second kappa shape index (κ2) is 3.90. The first kappa shape index (κ1) is 8.78. The number of phenolic OH excluding ortho intramolecular Hbond substituents is 1. The highest BCUT2D eigenvalue weighted by Gasteiger charge is 1.98. The van der Waals surface area contributed by atoms with Gasteiger partial charge < -0.3 is 9.90 Å². The summed E-state index contributed by atoms with van der Waals surface area (Å²) in [5, 5.41) is 9.09. The Labute approximate surface area is 71.8 Å². The van der Waals surface area contributed by atoms with Crippen molar-refractivity contribution < 1.29 is 9.90 Å². The molecule has 0 radical (unpaired) electrons. The monoisotopic (exact) mass is 164 g/mol. The Morgan fingerprint density at radius 3 is 2.83 bits per heavy atom. The summed E-state index contributed by atoms with van der Waals surface area (Å²) in [6, 6.07) is 5.21. The number of carbonyl (C=O) groups is 1. The molecule has 0 atom stereocenters. The van der Waals surface area contributed by atoms with Crippen LogP contribution in [0.5, 0.6) is 5.75 Å². The minimum absolute atomic E-state index is 0.280. The molecule has 0 amide bonds. The van der Waals surface area contributed by atoms with Crippen LogP contribution >= 0.6 is 0 Å². The van der Waals surface area contributed by atoms with Gasteiger partial charge in [0.15, 0.2) is 0 Å². The van der Waals surface area contributed by atoms with Crippen LogP contribution in [0.4, 0.5) is 0 Å². The molecule has 0 bridgehead atoms. The van der Waals surface area contributed by atoms with Crippen LogP contribution in [0.1, 0.15) is 17.5 Å². The summed E-state index contributed by atoms with van der Waals surface area (Å²) in [6.45, 7) is 1.93. The van der Waals surface area contributed by atoms with Crippen LogP contribution < -0.4 is 0 Å². The van der Waals surface area contributed by atoms with Gasteiger partial charge in [0.1, 0.15) is 12.0 Å². The summed E-state index contributed by atoms with van der Waals surface area (Å²) in [5.74, 6) is 0.280. The first-order valence-electron chi connectivity index (χ1n) is 3.96. The van der Waals surface area contributed by atoms with Gasteiger partial charge in [-0.2, -0.15) is 0 Å². The number of hydrogen-bond acceptors (Lipinski definition) is 2. The lowest BCUT2D eigenvalue weighted by molar-refractivity contribution is -0.107. The first-order valence-corrected chi connectivity index (χ1v) is 3.96. The van der Waals surface area contributed by atoms with E-state index < -0.39 is 0 Å². The normalized spacial score (nSPS) is 9.75. The molecule has 2 nitrogen and oxygen atoms in total. The Morgan fingerprint density at radius 1 is 1.50 bits per heavy atom. The Balaban J connectivity index is 2.78. The first-order chi connectivity index (χ1) is 5.74. The average Bonchev–Trinajstić information content (AvgIpc) is 2.03. The minimum atomic E-state index is 0.280. The summed E-state index contributed by atoms with van der Waals surface area (Å²) >= 11 is 0. The van der Waals surface area contributed by atoms with Crippen molar-refractivity contribution in [2.75, 3.05) is 0 Å². The van der Waals surface area contributed by atoms with E-state index in [2.05, 4.69) is 0 Å². The molecular formula is C10H12O2. The van der Waals surface area contributed by atoms with E-state index in [0.29, 0.717) is 6.42 Å². The van der Waals surface area contributed by atoms with Crippen molar-refractivity contribution in [1.29, 1.82) is 0 Å². The summed E-state index contributed by atoms with van der Waals surface area (Å²) < 4.78 is 0. The van der Waals surface area contributed by atoms with Gasteiger partial charge in [-0.3, -0.25) is 0 Å². The molecule has 1 aromatic rings. The largest absolute Gasteiger partial charge is 0.508 e. The maximum Gasteiger partial charge on any atom is 0.120 e. The number of benzene rings is 1. The third-order valence-corrected chi connectivity index (χ3v) is 1.86. The molecule has 0 saturated carbocycles. The number of carbonyl (C=O) groups excluding carboxylic acids is 1. The molecule has 0 spiro atoms. The van der Waals surface area contributed by atoms with Gasteiger partial charge in [-0.05, 0) is 36.6 Å². The van der Waals surface area contributed by atoms with Crippen molar-refractivity contribution in [2.24, 2.45) is 0 Å². The molecule has 0 saturated heterocycles. The zero-order chi connectivity index (χ0) is 8.97. The molecule has 1 N–H and O–H groups in total. The van der Waals surface area contributed by atoms with E-state index >= 15 is 0 Å². The van der Waals surface area contributed by atoms with Crippen LogP contribution in [-0.4, -0.2) is 11.4 Å². The van der Waals surface area contributed by atoms with Gasteiger partial charge in [0, 0.05) is 6.42 Å². The number of aromatic hydroxyl groups is 1. The van der Waals surface area contributed by atoms with Gasteiger partial charge in [-0.25, -0.2) is 0 Å². The van der Waals surface area contributed by atoms with Crippen LogP contribution in [0.15, 0.2) is 18.2 Å². The smallest absolute Gasteiger partial charge is 0.120 e. The van der Waals surface area contributed by atoms with E-state index in [1.807, 2.05) is 13.0 Å². The maximum atomic E-state index is 10.1. The predicted octanol–water partition coefficient (Wildman–Crippen LogP) is 1.83. The third kappa shape index (κ3) is 2.09. The molecule has 1 rings (SSSR count). The summed E-state index contributed by atoms with van der Waals surface area (Å²) in [5.41, 5.74) is 2.16. The molecule has 64 valence electrons. The maximum absolute atomic E-state index is 10.1. The second-order valence-electron chi connectivity index (χ2n) is 2.82. The summed E-state index contributed by atoms with van der Waals surface area (Å²) in [4.78, 5) is 10.1.